The summed E-state index contributed by atoms with van der Waals surface area (Å²) in [4.78, 5) is 4.33. The van der Waals surface area contributed by atoms with Gasteiger partial charge in [0.1, 0.15) is 9.10 Å². The monoisotopic (exact) mass is 411 g/mol. The first-order chi connectivity index (χ1) is 9.68. The zero-order chi connectivity index (χ0) is 15.7. The summed E-state index contributed by atoms with van der Waals surface area (Å²) in [5.74, 6) is 0. The molecule has 0 bridgehead atoms. The van der Waals surface area contributed by atoms with Gasteiger partial charge in [0.2, 0.25) is 20.0 Å². The Kier molecular flexibility index (Phi) is 4.80. The summed E-state index contributed by atoms with van der Waals surface area (Å²) in [6.07, 6.45) is 2.69. The molecule has 0 aromatic carbocycles. The molecule has 21 heavy (non-hydrogen) atoms. The van der Waals surface area contributed by atoms with E-state index in [1.165, 1.54) is 30.6 Å². The van der Waals surface area contributed by atoms with E-state index in [-0.39, 0.29) is 15.6 Å². The number of aromatic nitrogens is 1. The lowest BCUT2D eigenvalue weighted by atomic mass is 10.5. The highest BCUT2D eigenvalue weighted by atomic mass is 79.9. The lowest BCUT2D eigenvalue weighted by Gasteiger charge is -2.05. The van der Waals surface area contributed by atoms with Crippen molar-refractivity contribution in [3.63, 3.8) is 0 Å². The number of pyridine rings is 1. The third-order valence-corrected chi connectivity index (χ3v) is 6.67. The van der Waals surface area contributed by atoms with Crippen LogP contribution in [0.1, 0.15) is 4.88 Å². The minimum absolute atomic E-state index is 0.0131. The van der Waals surface area contributed by atoms with Crippen LogP contribution in [0.2, 0.25) is 0 Å². The number of nitrogens with one attached hydrogen (secondary N) is 1. The van der Waals surface area contributed by atoms with Crippen LogP contribution in [0.5, 0.6) is 0 Å². The minimum atomic E-state index is -3.77. The number of rotatable bonds is 5. The number of halogens is 1. The maximum absolute atomic E-state index is 12.1. The second-order valence-corrected chi connectivity index (χ2v) is 9.57. The van der Waals surface area contributed by atoms with E-state index in [1.54, 1.807) is 0 Å². The second-order valence-electron chi connectivity index (χ2n) is 3.93. The molecule has 0 amide bonds. The van der Waals surface area contributed by atoms with E-state index < -0.39 is 20.0 Å². The molecular weight excluding hydrogens is 402 g/mol. The van der Waals surface area contributed by atoms with Crippen LogP contribution in [-0.4, -0.2) is 21.8 Å². The number of primary sulfonamides is 1. The summed E-state index contributed by atoms with van der Waals surface area (Å²) in [5.41, 5.74) is 0. The molecule has 0 spiro atoms. The molecule has 2 aromatic rings. The zero-order valence-electron chi connectivity index (χ0n) is 10.4. The Bertz CT molecular complexity index is 861. The van der Waals surface area contributed by atoms with E-state index in [1.807, 2.05) is 0 Å². The predicted molar refractivity (Wildman–Crippen MR) is 81.7 cm³/mol. The van der Waals surface area contributed by atoms with Crippen molar-refractivity contribution < 1.29 is 16.8 Å². The largest absolute Gasteiger partial charge is 0.262 e. The van der Waals surface area contributed by atoms with Crippen molar-refractivity contribution in [1.29, 1.82) is 0 Å². The highest BCUT2D eigenvalue weighted by molar-refractivity contribution is 9.10. The normalized spacial score (nSPS) is 12.5. The smallest absolute Gasteiger partial charge is 0.247 e. The zero-order valence-corrected chi connectivity index (χ0v) is 14.4. The van der Waals surface area contributed by atoms with E-state index in [0.29, 0.717) is 9.35 Å². The SMILES string of the molecule is NS(=O)(=O)c1ccc(CNS(=O)(=O)c2cncc(Br)c2)s1. The molecule has 11 heteroatoms. The first-order valence-corrected chi connectivity index (χ1v) is 10.0. The first kappa shape index (κ1) is 16.5. The first-order valence-electron chi connectivity index (χ1n) is 5.40. The Balaban J connectivity index is 2.14. The Labute approximate surface area is 134 Å². The Hall–Kier alpha value is -0.850. The van der Waals surface area contributed by atoms with Gasteiger partial charge in [-0.25, -0.2) is 26.7 Å². The van der Waals surface area contributed by atoms with Crippen LogP contribution >= 0.6 is 27.3 Å². The van der Waals surface area contributed by atoms with Crippen molar-refractivity contribution >= 4 is 47.3 Å². The average molecular weight is 412 g/mol. The van der Waals surface area contributed by atoms with Gasteiger partial charge in [0, 0.05) is 28.3 Å². The van der Waals surface area contributed by atoms with Crippen LogP contribution in [0.15, 0.2) is 44.2 Å². The molecule has 2 rings (SSSR count). The second kappa shape index (κ2) is 6.10. The van der Waals surface area contributed by atoms with Crippen molar-refractivity contribution in [1.82, 2.24) is 9.71 Å². The van der Waals surface area contributed by atoms with Gasteiger partial charge in [0.05, 0.1) is 0 Å². The van der Waals surface area contributed by atoms with Gasteiger partial charge < -0.3 is 0 Å². The van der Waals surface area contributed by atoms with Gasteiger partial charge in [-0.3, -0.25) is 4.98 Å². The minimum Gasteiger partial charge on any atom is -0.262 e. The molecule has 0 aliphatic heterocycles. The summed E-state index contributed by atoms with van der Waals surface area (Å²) in [6.45, 7) is -0.0327. The topological polar surface area (TPSA) is 119 Å². The maximum Gasteiger partial charge on any atom is 0.247 e. The van der Waals surface area contributed by atoms with Gasteiger partial charge in [0.15, 0.2) is 0 Å². The van der Waals surface area contributed by atoms with Crippen LogP contribution in [0.25, 0.3) is 0 Å². The fourth-order valence-corrected chi connectivity index (χ4v) is 4.71. The molecule has 3 N–H and O–H groups in total. The molecule has 0 fully saturated rings. The van der Waals surface area contributed by atoms with Gasteiger partial charge in [-0.05, 0) is 34.1 Å². The van der Waals surface area contributed by atoms with Crippen molar-refractivity contribution in [2.45, 2.75) is 15.6 Å². The predicted octanol–water partition coefficient (Wildman–Crippen LogP) is 1.03. The Morgan fingerprint density at radius 2 is 1.95 bits per heavy atom. The molecule has 114 valence electrons. The third-order valence-electron chi connectivity index (χ3n) is 2.34. The molecule has 0 aliphatic rings. The van der Waals surface area contributed by atoms with E-state index in [9.17, 15) is 16.8 Å². The van der Waals surface area contributed by atoms with E-state index >= 15 is 0 Å². The average Bonchev–Trinajstić information content (AvgIpc) is 2.85. The maximum atomic E-state index is 12.1. The summed E-state index contributed by atoms with van der Waals surface area (Å²) < 4.78 is 49.3. The molecule has 7 nitrogen and oxygen atoms in total. The van der Waals surface area contributed by atoms with Crippen LogP contribution in [-0.2, 0) is 26.6 Å². The number of sulfonamides is 2. The van der Waals surface area contributed by atoms with Gasteiger partial charge in [-0.2, -0.15) is 0 Å². The summed E-state index contributed by atoms with van der Waals surface area (Å²) in [5, 5.41) is 4.99. The van der Waals surface area contributed by atoms with Crippen LogP contribution in [0, 0.1) is 0 Å². The number of hydrogen-bond acceptors (Lipinski definition) is 6. The number of hydrogen-bond donors (Lipinski definition) is 2. The van der Waals surface area contributed by atoms with Gasteiger partial charge >= 0.3 is 0 Å². The van der Waals surface area contributed by atoms with Crippen LogP contribution in [0.3, 0.4) is 0 Å². The molecule has 2 aromatic heterocycles. The van der Waals surface area contributed by atoms with Crippen molar-refractivity contribution in [3.05, 3.63) is 39.9 Å². The number of nitrogens with two attached hydrogens (primary N) is 1. The summed E-state index contributed by atoms with van der Waals surface area (Å²) in [7, 11) is -7.49. The highest BCUT2D eigenvalue weighted by Gasteiger charge is 2.16. The fraction of sp³-hybridized carbons (Fsp3) is 0.100. The Morgan fingerprint density at radius 3 is 2.52 bits per heavy atom. The van der Waals surface area contributed by atoms with Crippen LogP contribution in [0.4, 0.5) is 0 Å². The van der Waals surface area contributed by atoms with Gasteiger partial charge in [-0.1, -0.05) is 0 Å². The quantitative estimate of drug-likeness (QED) is 0.760. The van der Waals surface area contributed by atoms with E-state index in [2.05, 4.69) is 25.6 Å². The molecule has 2 heterocycles. The molecule has 0 saturated carbocycles. The van der Waals surface area contributed by atoms with Crippen LogP contribution < -0.4 is 9.86 Å². The molecule has 0 atom stereocenters. The van der Waals surface area contributed by atoms with Crippen molar-refractivity contribution in [3.8, 4) is 0 Å². The third kappa shape index (κ3) is 4.31. The fourth-order valence-electron chi connectivity index (χ4n) is 1.39. The van der Waals surface area contributed by atoms with E-state index in [0.717, 1.165) is 11.3 Å². The summed E-state index contributed by atoms with van der Waals surface area (Å²) in [6, 6.07) is 4.26. The lowest BCUT2D eigenvalue weighted by Crippen LogP contribution is -2.22. The molecule has 0 unspecified atom stereocenters. The van der Waals surface area contributed by atoms with Gasteiger partial charge in [-0.15, -0.1) is 11.3 Å². The molecule has 0 radical (unpaired) electrons. The summed E-state index contributed by atoms with van der Waals surface area (Å²) >= 11 is 4.06. The Morgan fingerprint density at radius 1 is 1.24 bits per heavy atom. The van der Waals surface area contributed by atoms with Crippen molar-refractivity contribution in [2.24, 2.45) is 5.14 Å². The molecular formula is C10H10BrN3O4S3. The van der Waals surface area contributed by atoms with Crippen molar-refractivity contribution in [2.75, 3.05) is 0 Å². The van der Waals surface area contributed by atoms with Gasteiger partial charge in [0.25, 0.3) is 0 Å². The number of nitrogens with zero attached hydrogens (tertiary/aromatic N) is 1. The highest BCUT2D eigenvalue weighted by Crippen LogP contribution is 2.21. The van der Waals surface area contributed by atoms with E-state index in [4.69, 9.17) is 5.14 Å². The molecule has 0 saturated heterocycles. The lowest BCUT2D eigenvalue weighted by molar-refractivity contribution is 0.581. The number of thiophene rings is 1. The molecule has 0 aliphatic carbocycles. The standard InChI is InChI=1S/C10H10BrN3O4S3/c11-7-3-9(6-13-4-7)21(17,18)14-5-8-1-2-10(19-8)20(12,15)16/h1-4,6,14H,5H2,(H2,12,15,16).